The van der Waals surface area contributed by atoms with Crippen molar-refractivity contribution < 1.29 is 37.7 Å². The highest BCUT2D eigenvalue weighted by molar-refractivity contribution is 6.02. The summed E-state index contributed by atoms with van der Waals surface area (Å²) in [5.74, 6) is -2.33. The predicted molar refractivity (Wildman–Crippen MR) is 86.7 cm³/mol. The van der Waals surface area contributed by atoms with Crippen molar-refractivity contribution in [2.45, 2.75) is 19.7 Å². The molecule has 0 aromatic heterocycles. The van der Waals surface area contributed by atoms with Crippen LogP contribution in [0.5, 0.6) is 0 Å². The number of hydrogen-bond acceptors (Lipinski definition) is 4. The third-order valence-corrected chi connectivity index (χ3v) is 3.06. The molecule has 0 spiro atoms. The number of alkyl halides is 3. The molecule has 0 saturated heterocycles. The van der Waals surface area contributed by atoms with Gasteiger partial charge in [-0.05, 0) is 25.1 Å². The van der Waals surface area contributed by atoms with Gasteiger partial charge in [0.25, 0.3) is 0 Å². The lowest BCUT2D eigenvalue weighted by atomic mass is 10.1. The Balaban J connectivity index is 0.00000105. The van der Waals surface area contributed by atoms with Crippen molar-refractivity contribution in [3.63, 3.8) is 0 Å². The van der Waals surface area contributed by atoms with Crippen LogP contribution in [-0.2, 0) is 17.5 Å². The van der Waals surface area contributed by atoms with Crippen LogP contribution in [0, 0.1) is 0 Å². The molecule has 2 rings (SSSR count). The van der Waals surface area contributed by atoms with Gasteiger partial charge in [-0.2, -0.15) is 13.2 Å². The quantitative estimate of drug-likeness (QED) is 0.801. The standard InChI is InChI=1S/C16H11F3O4.C2H6O/c17-16(18,19)13-8-4-1-5-10(13)9-23-15(22)12-7-3-2-6-11(12)14(20)21;1-2-3/h1-8H,9H2,(H,20,21);3H,2H2,1H3. The van der Waals surface area contributed by atoms with Crippen LogP contribution < -0.4 is 0 Å². The first-order valence-electron chi connectivity index (χ1n) is 7.47. The number of halogens is 3. The average Bonchev–Trinajstić information content (AvgIpc) is 2.59. The van der Waals surface area contributed by atoms with Crippen LogP contribution in [0.3, 0.4) is 0 Å². The normalized spacial score (nSPS) is 10.5. The Kier molecular flexibility index (Phi) is 7.79. The van der Waals surface area contributed by atoms with Crippen LogP contribution >= 0.6 is 0 Å². The maximum atomic E-state index is 12.8. The zero-order chi connectivity index (χ0) is 19.7. The van der Waals surface area contributed by atoms with Crippen LogP contribution in [0.2, 0.25) is 0 Å². The number of aliphatic hydroxyl groups excluding tert-OH is 1. The lowest BCUT2D eigenvalue weighted by molar-refractivity contribution is -0.138. The van der Waals surface area contributed by atoms with Crippen molar-refractivity contribution in [2.24, 2.45) is 0 Å². The predicted octanol–water partition coefficient (Wildman–Crippen LogP) is 3.76. The molecule has 0 amide bonds. The summed E-state index contributed by atoms with van der Waals surface area (Å²) in [5, 5.41) is 16.6. The van der Waals surface area contributed by atoms with Gasteiger partial charge in [0.1, 0.15) is 6.61 Å². The van der Waals surface area contributed by atoms with E-state index in [2.05, 4.69) is 0 Å². The van der Waals surface area contributed by atoms with Crippen LogP contribution in [0.4, 0.5) is 13.2 Å². The molecule has 8 heteroatoms. The molecule has 2 aromatic rings. The Hall–Kier alpha value is -2.87. The molecule has 140 valence electrons. The molecule has 0 aliphatic rings. The van der Waals surface area contributed by atoms with E-state index >= 15 is 0 Å². The molecule has 0 radical (unpaired) electrons. The van der Waals surface area contributed by atoms with Crippen LogP contribution in [0.25, 0.3) is 0 Å². The number of aromatic carboxylic acids is 1. The molecule has 0 heterocycles. The van der Waals surface area contributed by atoms with Crippen molar-refractivity contribution in [3.05, 3.63) is 70.8 Å². The third kappa shape index (κ3) is 5.89. The van der Waals surface area contributed by atoms with Gasteiger partial charge >= 0.3 is 18.1 Å². The van der Waals surface area contributed by atoms with E-state index in [0.717, 1.165) is 6.07 Å². The average molecular weight is 370 g/mol. The fourth-order valence-corrected chi connectivity index (χ4v) is 1.99. The van der Waals surface area contributed by atoms with E-state index in [1.807, 2.05) is 0 Å². The molecule has 0 atom stereocenters. The number of hydrogen-bond donors (Lipinski definition) is 2. The van der Waals surface area contributed by atoms with E-state index in [4.69, 9.17) is 14.9 Å². The number of esters is 1. The van der Waals surface area contributed by atoms with Gasteiger partial charge in [-0.1, -0.05) is 30.3 Å². The Morgan fingerprint density at radius 3 is 2.04 bits per heavy atom. The number of carbonyl (C=O) groups is 2. The number of rotatable bonds is 4. The van der Waals surface area contributed by atoms with Gasteiger partial charge in [0.2, 0.25) is 0 Å². The van der Waals surface area contributed by atoms with Crippen molar-refractivity contribution in [1.82, 2.24) is 0 Å². The summed E-state index contributed by atoms with van der Waals surface area (Å²) >= 11 is 0. The van der Waals surface area contributed by atoms with Gasteiger partial charge in [0.15, 0.2) is 0 Å². The molecule has 0 fully saturated rings. The Labute approximate surface area is 147 Å². The SMILES string of the molecule is CCO.O=C(O)c1ccccc1C(=O)OCc1ccccc1C(F)(F)F. The molecule has 2 N–H and O–H groups in total. The van der Waals surface area contributed by atoms with Crippen molar-refractivity contribution in [1.29, 1.82) is 0 Å². The van der Waals surface area contributed by atoms with Gasteiger partial charge in [-0.3, -0.25) is 0 Å². The van der Waals surface area contributed by atoms with E-state index in [1.165, 1.54) is 42.5 Å². The second-order valence-corrected chi connectivity index (χ2v) is 4.90. The zero-order valence-corrected chi connectivity index (χ0v) is 13.8. The van der Waals surface area contributed by atoms with Gasteiger partial charge in [-0.15, -0.1) is 0 Å². The molecule has 26 heavy (non-hydrogen) atoms. The number of ether oxygens (including phenoxy) is 1. The highest BCUT2D eigenvalue weighted by Crippen LogP contribution is 2.32. The monoisotopic (exact) mass is 370 g/mol. The Morgan fingerprint density at radius 1 is 1.00 bits per heavy atom. The summed E-state index contributed by atoms with van der Waals surface area (Å²) in [6.45, 7) is 1.32. The molecule has 0 bridgehead atoms. The molecule has 0 unspecified atom stereocenters. The first-order valence-corrected chi connectivity index (χ1v) is 7.47. The summed E-state index contributed by atoms with van der Waals surface area (Å²) in [7, 11) is 0. The maximum absolute atomic E-state index is 12.8. The van der Waals surface area contributed by atoms with Crippen LogP contribution in [0.1, 0.15) is 38.8 Å². The fourth-order valence-electron chi connectivity index (χ4n) is 1.99. The van der Waals surface area contributed by atoms with Crippen LogP contribution in [0.15, 0.2) is 48.5 Å². The van der Waals surface area contributed by atoms with E-state index in [-0.39, 0.29) is 23.3 Å². The molecule has 5 nitrogen and oxygen atoms in total. The molecule has 0 aliphatic heterocycles. The van der Waals surface area contributed by atoms with E-state index in [1.54, 1.807) is 6.92 Å². The number of aliphatic hydroxyl groups is 1. The largest absolute Gasteiger partial charge is 0.478 e. The van der Waals surface area contributed by atoms with E-state index < -0.39 is 30.3 Å². The summed E-state index contributed by atoms with van der Waals surface area (Å²) in [4.78, 5) is 23.0. The van der Waals surface area contributed by atoms with Crippen molar-refractivity contribution >= 4 is 11.9 Å². The highest BCUT2D eigenvalue weighted by atomic mass is 19.4. The number of carbonyl (C=O) groups excluding carboxylic acids is 1. The van der Waals surface area contributed by atoms with Crippen LogP contribution in [-0.4, -0.2) is 28.8 Å². The smallest absolute Gasteiger partial charge is 0.416 e. The summed E-state index contributed by atoms with van der Waals surface area (Å²) < 4.78 is 43.4. The summed E-state index contributed by atoms with van der Waals surface area (Å²) in [6.07, 6.45) is -4.57. The van der Waals surface area contributed by atoms with Gasteiger partial charge in [-0.25, -0.2) is 9.59 Å². The lowest BCUT2D eigenvalue weighted by Gasteiger charge is -2.13. The Morgan fingerprint density at radius 2 is 1.50 bits per heavy atom. The molecular formula is C18H17F3O5. The second kappa shape index (κ2) is 9.57. The van der Waals surface area contributed by atoms with Gasteiger partial charge in [0, 0.05) is 12.2 Å². The second-order valence-electron chi connectivity index (χ2n) is 4.90. The Bertz CT molecular complexity index is 756. The van der Waals surface area contributed by atoms with Gasteiger partial charge < -0.3 is 14.9 Å². The van der Waals surface area contributed by atoms with Crippen molar-refractivity contribution in [3.8, 4) is 0 Å². The van der Waals surface area contributed by atoms with Crippen molar-refractivity contribution in [2.75, 3.05) is 6.61 Å². The summed E-state index contributed by atoms with van der Waals surface area (Å²) in [5.41, 5.74) is -1.61. The highest BCUT2D eigenvalue weighted by Gasteiger charge is 2.33. The molecular weight excluding hydrogens is 353 g/mol. The minimum Gasteiger partial charge on any atom is -0.478 e. The lowest BCUT2D eigenvalue weighted by Crippen LogP contribution is -2.14. The molecule has 0 aliphatic carbocycles. The van der Waals surface area contributed by atoms with E-state index in [9.17, 15) is 22.8 Å². The minimum absolute atomic E-state index is 0.207. The zero-order valence-electron chi connectivity index (χ0n) is 13.8. The maximum Gasteiger partial charge on any atom is 0.416 e. The topological polar surface area (TPSA) is 83.8 Å². The first-order chi connectivity index (χ1) is 12.2. The number of carboxylic acid groups (broad SMARTS) is 1. The minimum atomic E-state index is -4.57. The number of carboxylic acids is 1. The fraction of sp³-hybridized carbons (Fsp3) is 0.222. The molecule has 2 aromatic carbocycles. The number of benzene rings is 2. The van der Waals surface area contributed by atoms with E-state index in [0.29, 0.717) is 0 Å². The van der Waals surface area contributed by atoms with Gasteiger partial charge in [0.05, 0.1) is 16.7 Å². The summed E-state index contributed by atoms with van der Waals surface area (Å²) in [6, 6.07) is 10.0. The first kappa shape index (κ1) is 21.2. The molecule has 0 saturated carbocycles. The third-order valence-electron chi connectivity index (χ3n) is 3.06.